The molecule has 19 heavy (non-hydrogen) atoms. The van der Waals surface area contributed by atoms with E-state index in [0.717, 1.165) is 0 Å². The number of halogens is 2. The molecule has 1 rings (SSSR count). The van der Waals surface area contributed by atoms with Crippen molar-refractivity contribution in [1.82, 2.24) is 4.72 Å². The first-order valence-corrected chi connectivity index (χ1v) is 7.45. The number of carbonyl (C=O) groups excluding carboxylic acids is 1. The van der Waals surface area contributed by atoms with Crippen molar-refractivity contribution in [3.8, 4) is 0 Å². The molecule has 1 aromatic carbocycles. The molecule has 1 aromatic rings. The number of hydrogen-bond donors (Lipinski definition) is 1. The number of nitrogens with one attached hydrogen (secondary N) is 1. The van der Waals surface area contributed by atoms with Gasteiger partial charge >= 0.3 is 5.97 Å². The Hall–Kier alpha value is -0.820. The van der Waals surface area contributed by atoms with Gasteiger partial charge < -0.3 is 4.74 Å². The highest BCUT2D eigenvalue weighted by Crippen LogP contribution is 2.18. The fourth-order valence-corrected chi connectivity index (χ4v) is 2.70. The summed E-state index contributed by atoms with van der Waals surface area (Å²) in [4.78, 5) is 9.90. The number of hydrogen-bond acceptors (Lipinski definition) is 4. The predicted molar refractivity (Wildman–Crippen MR) is 72.9 cm³/mol. The second kappa shape index (κ2) is 6.09. The predicted octanol–water partition coefficient (Wildman–Crippen LogP) is 1.79. The number of alkyl halides is 1. The van der Waals surface area contributed by atoms with E-state index in [4.69, 9.17) is 23.2 Å². The monoisotopic (exact) mass is 325 g/mol. The normalized spacial score (nSPS) is 14.7. The molecule has 0 heterocycles. The van der Waals surface area contributed by atoms with E-state index in [1.165, 1.54) is 38.3 Å². The molecule has 0 bridgehead atoms. The Morgan fingerprint density at radius 3 is 2.37 bits per heavy atom. The van der Waals surface area contributed by atoms with Gasteiger partial charge in [0.1, 0.15) is 0 Å². The highest BCUT2D eigenvalue weighted by Gasteiger charge is 2.33. The Bertz CT molecular complexity index is 555. The quantitative estimate of drug-likeness (QED) is 0.661. The zero-order valence-electron chi connectivity index (χ0n) is 10.3. The van der Waals surface area contributed by atoms with Crippen LogP contribution in [0.15, 0.2) is 29.2 Å². The Labute approximate surface area is 121 Å². The van der Waals surface area contributed by atoms with Gasteiger partial charge in [-0.2, -0.15) is 0 Å². The molecular weight excluding hydrogens is 313 g/mol. The van der Waals surface area contributed by atoms with Gasteiger partial charge in [0.05, 0.1) is 12.0 Å². The minimum atomic E-state index is -3.75. The van der Waals surface area contributed by atoms with Crippen molar-refractivity contribution >= 4 is 39.2 Å². The third kappa shape index (κ3) is 4.35. The van der Waals surface area contributed by atoms with Crippen LogP contribution < -0.4 is 4.72 Å². The smallest absolute Gasteiger partial charge is 0.327 e. The lowest BCUT2D eigenvalue weighted by atomic mass is 10.2. The number of carbonyl (C=O) groups is 1. The zero-order valence-corrected chi connectivity index (χ0v) is 12.6. The van der Waals surface area contributed by atoms with Crippen LogP contribution in [0.3, 0.4) is 0 Å². The zero-order chi connectivity index (χ0) is 14.7. The van der Waals surface area contributed by atoms with Gasteiger partial charge in [-0.3, -0.25) is 4.79 Å². The van der Waals surface area contributed by atoms with Crippen LogP contribution in [-0.2, 0) is 19.6 Å². The van der Waals surface area contributed by atoms with Crippen LogP contribution in [0.4, 0.5) is 0 Å². The molecule has 0 saturated heterocycles. The third-order valence-corrected chi connectivity index (χ3v) is 4.29. The second-order valence-corrected chi connectivity index (χ2v) is 7.01. The molecule has 0 aliphatic rings. The summed E-state index contributed by atoms with van der Waals surface area (Å²) in [5, 5.41) is 0.427. The van der Waals surface area contributed by atoms with E-state index in [1.807, 2.05) is 0 Å². The third-order valence-electron chi connectivity index (χ3n) is 2.33. The van der Waals surface area contributed by atoms with Gasteiger partial charge in [-0.25, -0.2) is 13.1 Å². The molecule has 0 aliphatic carbocycles. The first-order valence-electron chi connectivity index (χ1n) is 5.21. The van der Waals surface area contributed by atoms with Crippen molar-refractivity contribution in [1.29, 1.82) is 0 Å². The number of esters is 1. The van der Waals surface area contributed by atoms with Crippen LogP contribution in [0.1, 0.15) is 6.92 Å². The SMILES string of the molecule is COC(=O)[C@@](C)(Cl)CNS(=O)(=O)c1ccc(Cl)cc1. The van der Waals surface area contributed by atoms with Gasteiger partial charge in [0.25, 0.3) is 0 Å². The van der Waals surface area contributed by atoms with Crippen LogP contribution in [0.25, 0.3) is 0 Å². The van der Waals surface area contributed by atoms with E-state index >= 15 is 0 Å². The van der Waals surface area contributed by atoms with Gasteiger partial charge in [0.15, 0.2) is 4.87 Å². The van der Waals surface area contributed by atoms with E-state index in [0.29, 0.717) is 5.02 Å². The van der Waals surface area contributed by atoms with Crippen LogP contribution in [0.5, 0.6) is 0 Å². The first-order chi connectivity index (χ1) is 8.69. The van der Waals surface area contributed by atoms with E-state index in [9.17, 15) is 13.2 Å². The molecule has 0 radical (unpaired) electrons. The maximum Gasteiger partial charge on any atom is 0.327 e. The first kappa shape index (κ1) is 16.2. The number of rotatable bonds is 5. The fourth-order valence-electron chi connectivity index (χ4n) is 1.21. The van der Waals surface area contributed by atoms with E-state index < -0.39 is 20.9 Å². The summed E-state index contributed by atoms with van der Waals surface area (Å²) >= 11 is 11.6. The summed E-state index contributed by atoms with van der Waals surface area (Å²) in [6, 6.07) is 5.62. The number of methoxy groups -OCH3 is 1. The largest absolute Gasteiger partial charge is 0.468 e. The number of benzene rings is 1. The van der Waals surface area contributed by atoms with E-state index in [1.54, 1.807) is 0 Å². The average molecular weight is 326 g/mol. The van der Waals surface area contributed by atoms with Gasteiger partial charge in [0.2, 0.25) is 10.0 Å². The number of sulfonamides is 1. The molecule has 0 fully saturated rings. The standard InChI is InChI=1S/C11H13Cl2NO4S/c1-11(13,10(15)18-2)7-14-19(16,17)9-5-3-8(12)4-6-9/h3-6,14H,7H2,1-2H3/t11-/m0/s1. The Balaban J connectivity index is 2.82. The maximum atomic E-state index is 11.9. The van der Waals surface area contributed by atoms with Crippen LogP contribution in [0, 0.1) is 0 Å². The highest BCUT2D eigenvalue weighted by atomic mass is 35.5. The lowest BCUT2D eigenvalue weighted by Crippen LogP contribution is -2.43. The molecule has 0 unspecified atom stereocenters. The minimum absolute atomic E-state index is 0.0363. The summed E-state index contributed by atoms with van der Waals surface area (Å²) in [6.07, 6.45) is 0. The maximum absolute atomic E-state index is 11.9. The number of ether oxygens (including phenoxy) is 1. The Morgan fingerprint density at radius 2 is 1.89 bits per heavy atom. The average Bonchev–Trinajstić information content (AvgIpc) is 2.36. The Morgan fingerprint density at radius 1 is 1.37 bits per heavy atom. The minimum Gasteiger partial charge on any atom is -0.468 e. The van der Waals surface area contributed by atoms with Gasteiger partial charge in [0, 0.05) is 11.6 Å². The second-order valence-electron chi connectivity index (χ2n) is 3.97. The van der Waals surface area contributed by atoms with Crippen molar-refractivity contribution in [3.63, 3.8) is 0 Å². The van der Waals surface area contributed by atoms with Gasteiger partial charge in [-0.1, -0.05) is 11.6 Å². The summed E-state index contributed by atoms with van der Waals surface area (Å²) in [5.41, 5.74) is 0. The Kier molecular flexibility index (Phi) is 5.20. The molecule has 0 aromatic heterocycles. The van der Waals surface area contributed by atoms with Crippen molar-refractivity contribution in [2.24, 2.45) is 0 Å². The summed E-state index contributed by atoms with van der Waals surface area (Å²) in [7, 11) is -2.58. The van der Waals surface area contributed by atoms with E-state index in [2.05, 4.69) is 9.46 Å². The molecular formula is C11H13Cl2NO4S. The summed E-state index contributed by atoms with van der Waals surface area (Å²) < 4.78 is 30.6. The summed E-state index contributed by atoms with van der Waals surface area (Å²) in [5.74, 6) is -0.715. The summed E-state index contributed by atoms with van der Waals surface area (Å²) in [6.45, 7) is 1.08. The van der Waals surface area contributed by atoms with Crippen molar-refractivity contribution in [2.75, 3.05) is 13.7 Å². The molecule has 1 atom stereocenters. The highest BCUT2D eigenvalue weighted by molar-refractivity contribution is 7.89. The molecule has 0 saturated carbocycles. The lowest BCUT2D eigenvalue weighted by molar-refractivity contribution is -0.143. The van der Waals surface area contributed by atoms with Crippen LogP contribution in [-0.4, -0.2) is 32.9 Å². The molecule has 8 heteroatoms. The molecule has 0 amide bonds. The lowest BCUT2D eigenvalue weighted by Gasteiger charge is -2.19. The van der Waals surface area contributed by atoms with Crippen molar-refractivity contribution in [2.45, 2.75) is 16.7 Å². The van der Waals surface area contributed by atoms with Crippen molar-refractivity contribution < 1.29 is 17.9 Å². The van der Waals surface area contributed by atoms with Crippen molar-refractivity contribution in [3.05, 3.63) is 29.3 Å². The molecule has 106 valence electrons. The van der Waals surface area contributed by atoms with Crippen LogP contribution >= 0.6 is 23.2 Å². The topological polar surface area (TPSA) is 72.5 Å². The molecule has 0 aliphatic heterocycles. The van der Waals surface area contributed by atoms with E-state index in [-0.39, 0.29) is 11.4 Å². The molecule has 0 spiro atoms. The molecule has 5 nitrogen and oxygen atoms in total. The van der Waals surface area contributed by atoms with Gasteiger partial charge in [-0.15, -0.1) is 11.6 Å². The van der Waals surface area contributed by atoms with Crippen LogP contribution in [0.2, 0.25) is 5.02 Å². The fraction of sp³-hybridized carbons (Fsp3) is 0.364. The molecule has 1 N–H and O–H groups in total. The van der Waals surface area contributed by atoms with Gasteiger partial charge in [-0.05, 0) is 31.2 Å².